The lowest BCUT2D eigenvalue weighted by molar-refractivity contribution is -0.153. The number of carboxylic acid groups (broad SMARTS) is 1. The zero-order valence-electron chi connectivity index (χ0n) is 10.2. The minimum absolute atomic E-state index is 0.404. The van der Waals surface area contributed by atoms with Crippen LogP contribution in [0.25, 0.3) is 0 Å². The summed E-state index contributed by atoms with van der Waals surface area (Å²) in [7, 11) is 1.82. The molecule has 0 aliphatic rings. The molecule has 0 fully saturated rings. The summed E-state index contributed by atoms with van der Waals surface area (Å²) in [6.07, 6.45) is 4.21. The van der Waals surface area contributed by atoms with Crippen molar-refractivity contribution in [3.05, 3.63) is 18.0 Å². The number of hydrogen-bond donors (Lipinski definition) is 2. The molecule has 0 aliphatic carbocycles. The topological polar surface area (TPSA) is 84.2 Å². The molecule has 1 aromatic heterocycles. The predicted octanol–water partition coefficient (Wildman–Crippen LogP) is 0.190. The van der Waals surface area contributed by atoms with Gasteiger partial charge in [0.2, 0.25) is 5.91 Å². The Morgan fingerprint density at radius 1 is 1.53 bits per heavy atom. The van der Waals surface area contributed by atoms with Crippen LogP contribution < -0.4 is 5.32 Å². The number of hydrogen-bond acceptors (Lipinski definition) is 3. The lowest BCUT2D eigenvalue weighted by atomic mass is 9.92. The Morgan fingerprint density at radius 2 is 2.18 bits per heavy atom. The van der Waals surface area contributed by atoms with E-state index in [-0.39, 0.29) is 0 Å². The number of amides is 1. The van der Waals surface area contributed by atoms with Gasteiger partial charge in [-0.05, 0) is 25.8 Å². The molecule has 0 unspecified atom stereocenters. The SMILES string of the molecule is Cn1cc(CCNC(=O)C(C)(C)C(=O)O)cn1. The average Bonchev–Trinajstić information content (AvgIpc) is 2.63. The molecule has 94 valence electrons. The van der Waals surface area contributed by atoms with E-state index in [4.69, 9.17) is 5.11 Å². The van der Waals surface area contributed by atoms with Crippen LogP contribution in [0.3, 0.4) is 0 Å². The Hall–Kier alpha value is -1.85. The number of carbonyl (C=O) groups excluding carboxylic acids is 1. The van der Waals surface area contributed by atoms with Crippen LogP contribution in [-0.2, 0) is 23.1 Å². The van der Waals surface area contributed by atoms with Crippen LogP contribution in [-0.4, -0.2) is 33.3 Å². The summed E-state index contributed by atoms with van der Waals surface area (Å²) in [4.78, 5) is 22.4. The lowest BCUT2D eigenvalue weighted by Gasteiger charge is -2.18. The Bertz CT molecular complexity index is 423. The van der Waals surface area contributed by atoms with Crippen molar-refractivity contribution in [2.75, 3.05) is 6.54 Å². The number of rotatable bonds is 5. The molecule has 1 rings (SSSR count). The van der Waals surface area contributed by atoms with Gasteiger partial charge in [-0.15, -0.1) is 0 Å². The standard InChI is InChI=1S/C11H17N3O3/c1-11(2,10(16)17)9(15)12-5-4-8-6-13-14(3)7-8/h6-7H,4-5H2,1-3H3,(H,12,15)(H,16,17). The molecule has 0 spiro atoms. The summed E-state index contributed by atoms with van der Waals surface area (Å²) < 4.78 is 1.68. The smallest absolute Gasteiger partial charge is 0.318 e. The molecular weight excluding hydrogens is 222 g/mol. The zero-order valence-corrected chi connectivity index (χ0v) is 10.2. The zero-order chi connectivity index (χ0) is 13.1. The number of carbonyl (C=O) groups is 2. The average molecular weight is 239 g/mol. The lowest BCUT2D eigenvalue weighted by Crippen LogP contribution is -2.42. The molecule has 0 atom stereocenters. The van der Waals surface area contributed by atoms with Gasteiger partial charge in [0.25, 0.3) is 0 Å². The maximum atomic E-state index is 11.6. The molecule has 0 bridgehead atoms. The minimum atomic E-state index is -1.39. The van der Waals surface area contributed by atoms with Gasteiger partial charge in [-0.1, -0.05) is 0 Å². The maximum Gasteiger partial charge on any atom is 0.318 e. The number of aromatic nitrogens is 2. The molecule has 1 aromatic rings. The van der Waals surface area contributed by atoms with E-state index in [2.05, 4.69) is 10.4 Å². The Labute approximate surface area is 99.6 Å². The van der Waals surface area contributed by atoms with Gasteiger partial charge in [0.15, 0.2) is 0 Å². The van der Waals surface area contributed by atoms with Crippen LogP contribution in [0.4, 0.5) is 0 Å². The Kier molecular flexibility index (Phi) is 3.88. The van der Waals surface area contributed by atoms with Crippen molar-refractivity contribution in [2.24, 2.45) is 12.5 Å². The fraction of sp³-hybridized carbons (Fsp3) is 0.545. The van der Waals surface area contributed by atoms with E-state index in [0.29, 0.717) is 13.0 Å². The molecule has 0 aliphatic heterocycles. The summed E-state index contributed by atoms with van der Waals surface area (Å²) >= 11 is 0. The second-order valence-electron chi connectivity index (χ2n) is 4.46. The Morgan fingerprint density at radius 3 is 2.65 bits per heavy atom. The molecule has 0 radical (unpaired) electrons. The molecule has 1 amide bonds. The summed E-state index contributed by atoms with van der Waals surface area (Å²) in [6.45, 7) is 3.17. The van der Waals surface area contributed by atoms with Gasteiger partial charge in [0.1, 0.15) is 5.41 Å². The molecule has 0 saturated heterocycles. The highest BCUT2D eigenvalue weighted by atomic mass is 16.4. The number of aryl methyl sites for hydroxylation is 1. The molecular formula is C11H17N3O3. The second-order valence-corrected chi connectivity index (χ2v) is 4.46. The summed E-state index contributed by atoms with van der Waals surface area (Å²) in [5.74, 6) is -1.61. The van der Waals surface area contributed by atoms with Crippen molar-refractivity contribution in [2.45, 2.75) is 20.3 Å². The van der Waals surface area contributed by atoms with E-state index < -0.39 is 17.3 Å². The van der Waals surface area contributed by atoms with E-state index in [0.717, 1.165) is 5.56 Å². The van der Waals surface area contributed by atoms with E-state index in [1.807, 2.05) is 13.2 Å². The first-order valence-electron chi connectivity index (χ1n) is 5.33. The fourth-order valence-electron chi connectivity index (χ4n) is 1.24. The first kappa shape index (κ1) is 13.2. The molecule has 6 nitrogen and oxygen atoms in total. The van der Waals surface area contributed by atoms with Crippen molar-refractivity contribution < 1.29 is 14.7 Å². The molecule has 6 heteroatoms. The van der Waals surface area contributed by atoms with Gasteiger partial charge < -0.3 is 10.4 Å². The van der Waals surface area contributed by atoms with Crippen molar-refractivity contribution in [3.8, 4) is 0 Å². The summed E-state index contributed by atoms with van der Waals surface area (Å²) in [5, 5.41) is 15.5. The normalized spacial score (nSPS) is 11.2. The van der Waals surface area contributed by atoms with Crippen LogP contribution in [0.2, 0.25) is 0 Å². The third kappa shape index (κ3) is 3.30. The fourth-order valence-corrected chi connectivity index (χ4v) is 1.24. The third-order valence-corrected chi connectivity index (χ3v) is 2.56. The van der Waals surface area contributed by atoms with Gasteiger partial charge in [-0.25, -0.2) is 0 Å². The number of nitrogens with one attached hydrogen (secondary N) is 1. The molecule has 0 aromatic carbocycles. The maximum absolute atomic E-state index is 11.6. The van der Waals surface area contributed by atoms with Crippen LogP contribution >= 0.6 is 0 Å². The first-order chi connectivity index (χ1) is 7.84. The van der Waals surface area contributed by atoms with Crippen molar-refractivity contribution >= 4 is 11.9 Å². The monoisotopic (exact) mass is 239 g/mol. The van der Waals surface area contributed by atoms with E-state index in [1.54, 1.807) is 10.9 Å². The summed E-state index contributed by atoms with van der Waals surface area (Å²) in [6, 6.07) is 0. The van der Waals surface area contributed by atoms with E-state index in [9.17, 15) is 9.59 Å². The number of carboxylic acids is 1. The second kappa shape index (κ2) is 4.99. The number of nitrogens with zero attached hydrogens (tertiary/aromatic N) is 2. The van der Waals surface area contributed by atoms with E-state index in [1.165, 1.54) is 13.8 Å². The van der Waals surface area contributed by atoms with Crippen LogP contribution in [0.5, 0.6) is 0 Å². The highest BCUT2D eigenvalue weighted by Crippen LogP contribution is 2.14. The predicted molar refractivity (Wildman–Crippen MR) is 61.3 cm³/mol. The summed E-state index contributed by atoms with van der Waals surface area (Å²) in [5.41, 5.74) is -0.393. The highest BCUT2D eigenvalue weighted by molar-refractivity contribution is 6.00. The molecule has 2 N–H and O–H groups in total. The largest absolute Gasteiger partial charge is 0.480 e. The van der Waals surface area contributed by atoms with Gasteiger partial charge in [-0.3, -0.25) is 14.3 Å². The first-order valence-corrected chi connectivity index (χ1v) is 5.33. The third-order valence-electron chi connectivity index (χ3n) is 2.56. The molecule has 0 saturated carbocycles. The number of aliphatic carboxylic acids is 1. The van der Waals surface area contributed by atoms with Crippen LogP contribution in [0.1, 0.15) is 19.4 Å². The van der Waals surface area contributed by atoms with Crippen molar-refractivity contribution in [3.63, 3.8) is 0 Å². The van der Waals surface area contributed by atoms with Crippen LogP contribution in [0, 0.1) is 5.41 Å². The minimum Gasteiger partial charge on any atom is -0.480 e. The van der Waals surface area contributed by atoms with Gasteiger partial charge in [-0.2, -0.15) is 5.10 Å². The van der Waals surface area contributed by atoms with Crippen molar-refractivity contribution in [1.29, 1.82) is 0 Å². The van der Waals surface area contributed by atoms with Crippen molar-refractivity contribution in [1.82, 2.24) is 15.1 Å². The van der Waals surface area contributed by atoms with Gasteiger partial charge in [0, 0.05) is 19.8 Å². The highest BCUT2D eigenvalue weighted by Gasteiger charge is 2.35. The van der Waals surface area contributed by atoms with Gasteiger partial charge >= 0.3 is 5.97 Å². The quantitative estimate of drug-likeness (QED) is 0.718. The Balaban J connectivity index is 2.42. The van der Waals surface area contributed by atoms with Gasteiger partial charge in [0.05, 0.1) is 6.20 Å². The van der Waals surface area contributed by atoms with Crippen LogP contribution in [0.15, 0.2) is 12.4 Å². The van der Waals surface area contributed by atoms with E-state index >= 15 is 0 Å². The molecule has 1 heterocycles. The molecule has 17 heavy (non-hydrogen) atoms.